The van der Waals surface area contributed by atoms with Crippen LogP contribution in [0.4, 0.5) is 4.39 Å². The molecule has 0 unspecified atom stereocenters. The first-order chi connectivity index (χ1) is 8.71. The fraction of sp³-hybridized carbons (Fsp3) is 0.364. The van der Waals surface area contributed by atoms with Crippen molar-refractivity contribution in [3.8, 4) is 0 Å². The van der Waals surface area contributed by atoms with Crippen molar-refractivity contribution < 1.29 is 17.6 Å². The number of halogens is 2. The lowest BCUT2D eigenvalue weighted by Crippen LogP contribution is -2.29. The number of hydrogen-bond donors (Lipinski definition) is 1. The van der Waals surface area contributed by atoms with Crippen LogP contribution in [0, 0.1) is 5.82 Å². The number of nitrogens with zero attached hydrogens (tertiary/aromatic N) is 1. The average Bonchev–Trinajstić information content (AvgIpc) is 3.09. The molecule has 1 fully saturated rings. The van der Waals surface area contributed by atoms with Crippen molar-refractivity contribution in [2.75, 3.05) is 7.05 Å². The third-order valence-electron chi connectivity index (χ3n) is 2.97. The number of amides is 1. The number of carbonyl (C=O) groups excluding carboxylic acids is 1. The van der Waals surface area contributed by atoms with Gasteiger partial charge in [0, 0.05) is 13.1 Å². The van der Waals surface area contributed by atoms with Gasteiger partial charge in [0.05, 0.1) is 10.6 Å². The summed E-state index contributed by atoms with van der Waals surface area (Å²) in [5.41, 5.74) is -0.0681. The summed E-state index contributed by atoms with van der Waals surface area (Å²) in [6.07, 6.45) is 1.78. The Bertz CT molecular complexity index is 644. The molecule has 8 heteroatoms. The highest BCUT2D eigenvalue weighted by Gasteiger charge is 2.31. The molecule has 0 spiro atoms. The third-order valence-corrected chi connectivity index (χ3v) is 4.21. The van der Waals surface area contributed by atoms with E-state index in [2.05, 4.69) is 0 Å². The molecular formula is C11H12ClFN2O3S. The molecule has 0 bridgehead atoms. The summed E-state index contributed by atoms with van der Waals surface area (Å²) in [6, 6.07) is 1.80. The molecule has 19 heavy (non-hydrogen) atoms. The van der Waals surface area contributed by atoms with Crippen molar-refractivity contribution >= 4 is 27.5 Å². The van der Waals surface area contributed by atoms with Gasteiger partial charge in [-0.15, -0.1) is 0 Å². The largest absolute Gasteiger partial charge is 0.339 e. The number of benzene rings is 1. The molecule has 1 aromatic rings. The van der Waals surface area contributed by atoms with Crippen LogP contribution in [-0.2, 0) is 10.0 Å². The molecule has 5 nitrogen and oxygen atoms in total. The van der Waals surface area contributed by atoms with Gasteiger partial charge in [0.1, 0.15) is 10.7 Å². The molecule has 104 valence electrons. The van der Waals surface area contributed by atoms with Crippen molar-refractivity contribution in [2.45, 2.75) is 23.8 Å². The predicted molar refractivity (Wildman–Crippen MR) is 67.9 cm³/mol. The number of carbonyl (C=O) groups is 1. The van der Waals surface area contributed by atoms with Crippen LogP contribution in [0.5, 0.6) is 0 Å². The molecular weight excluding hydrogens is 295 g/mol. The number of rotatable bonds is 3. The Morgan fingerprint density at radius 3 is 2.53 bits per heavy atom. The van der Waals surface area contributed by atoms with E-state index < -0.39 is 26.6 Å². The normalized spacial score (nSPS) is 15.4. The smallest absolute Gasteiger partial charge is 0.255 e. The van der Waals surface area contributed by atoms with Crippen LogP contribution in [0.3, 0.4) is 0 Å². The average molecular weight is 307 g/mol. The minimum Gasteiger partial charge on any atom is -0.339 e. The summed E-state index contributed by atoms with van der Waals surface area (Å²) >= 11 is 5.79. The van der Waals surface area contributed by atoms with E-state index in [1.807, 2.05) is 0 Å². The zero-order valence-electron chi connectivity index (χ0n) is 10.1. The maximum atomic E-state index is 13.5. The second kappa shape index (κ2) is 4.73. The first-order valence-electron chi connectivity index (χ1n) is 5.51. The Labute approximate surface area is 115 Å². The van der Waals surface area contributed by atoms with Crippen LogP contribution in [-0.4, -0.2) is 32.3 Å². The van der Waals surface area contributed by atoms with Gasteiger partial charge in [0.25, 0.3) is 5.91 Å². The van der Waals surface area contributed by atoms with E-state index in [0.717, 1.165) is 25.0 Å². The first-order valence-corrected chi connectivity index (χ1v) is 7.43. The molecule has 0 atom stereocenters. The Morgan fingerprint density at radius 1 is 1.47 bits per heavy atom. The van der Waals surface area contributed by atoms with Crippen molar-refractivity contribution in [1.82, 2.24) is 4.90 Å². The number of primary sulfonamides is 1. The first kappa shape index (κ1) is 14.2. The molecule has 1 amide bonds. The zero-order chi connectivity index (χ0) is 14.4. The molecule has 2 N–H and O–H groups in total. The Kier molecular flexibility index (Phi) is 3.55. The molecule has 1 saturated carbocycles. The van der Waals surface area contributed by atoms with Crippen LogP contribution in [0.1, 0.15) is 23.2 Å². The van der Waals surface area contributed by atoms with Gasteiger partial charge in [0.15, 0.2) is 0 Å². The molecule has 0 radical (unpaired) electrons. The van der Waals surface area contributed by atoms with E-state index in [9.17, 15) is 17.6 Å². The van der Waals surface area contributed by atoms with Gasteiger partial charge in [-0.25, -0.2) is 17.9 Å². The highest BCUT2D eigenvalue weighted by molar-refractivity contribution is 7.89. The molecule has 1 aliphatic rings. The van der Waals surface area contributed by atoms with E-state index in [-0.39, 0.29) is 16.6 Å². The maximum absolute atomic E-state index is 13.5. The van der Waals surface area contributed by atoms with Crippen LogP contribution < -0.4 is 5.14 Å². The van der Waals surface area contributed by atoms with Crippen molar-refractivity contribution in [2.24, 2.45) is 5.14 Å². The second-order valence-corrected chi connectivity index (χ2v) is 6.39. The zero-order valence-corrected chi connectivity index (χ0v) is 11.6. The van der Waals surface area contributed by atoms with Gasteiger partial charge in [0.2, 0.25) is 10.0 Å². The number of sulfonamides is 1. The molecule has 0 aliphatic heterocycles. The Hall–Kier alpha value is -1.18. The lowest BCUT2D eigenvalue weighted by atomic mass is 10.2. The summed E-state index contributed by atoms with van der Waals surface area (Å²) in [7, 11) is -2.65. The number of hydrogen-bond acceptors (Lipinski definition) is 3. The second-order valence-electron chi connectivity index (χ2n) is 4.45. The van der Waals surface area contributed by atoms with Gasteiger partial charge in [-0.05, 0) is 25.0 Å². The Morgan fingerprint density at radius 2 is 2.05 bits per heavy atom. The highest BCUT2D eigenvalue weighted by Crippen LogP contribution is 2.30. The summed E-state index contributed by atoms with van der Waals surface area (Å²) < 4.78 is 35.9. The quantitative estimate of drug-likeness (QED) is 0.915. The third kappa shape index (κ3) is 2.88. The summed E-state index contributed by atoms with van der Waals surface area (Å²) in [4.78, 5) is 12.9. The van der Waals surface area contributed by atoms with E-state index >= 15 is 0 Å². The highest BCUT2D eigenvalue weighted by atomic mass is 35.5. The van der Waals surface area contributed by atoms with Crippen molar-refractivity contribution in [3.05, 3.63) is 28.5 Å². The lowest BCUT2D eigenvalue weighted by Gasteiger charge is -2.17. The summed E-state index contributed by atoms with van der Waals surface area (Å²) in [6.45, 7) is 0. The fourth-order valence-electron chi connectivity index (χ4n) is 1.73. The molecule has 1 aliphatic carbocycles. The maximum Gasteiger partial charge on any atom is 0.255 e. The summed E-state index contributed by atoms with van der Waals surface area (Å²) in [5.74, 6) is -1.52. The van der Waals surface area contributed by atoms with Gasteiger partial charge in [-0.3, -0.25) is 4.79 Å². The molecule has 0 aromatic heterocycles. The SMILES string of the molecule is CN(C(=O)c1cc(S(N)(=O)=O)c(F)cc1Cl)C1CC1. The fourth-order valence-corrected chi connectivity index (χ4v) is 2.57. The van der Waals surface area contributed by atoms with Crippen LogP contribution >= 0.6 is 11.6 Å². The van der Waals surface area contributed by atoms with Crippen molar-refractivity contribution in [1.29, 1.82) is 0 Å². The lowest BCUT2D eigenvalue weighted by molar-refractivity contribution is 0.0785. The van der Waals surface area contributed by atoms with Gasteiger partial charge in [-0.1, -0.05) is 11.6 Å². The van der Waals surface area contributed by atoms with Crippen LogP contribution in [0.2, 0.25) is 5.02 Å². The van der Waals surface area contributed by atoms with E-state index in [1.165, 1.54) is 4.90 Å². The van der Waals surface area contributed by atoms with E-state index in [1.54, 1.807) is 7.05 Å². The van der Waals surface area contributed by atoms with Crippen LogP contribution in [0.25, 0.3) is 0 Å². The minimum absolute atomic E-state index is 0.0681. The standard InChI is InChI=1S/C11H12ClFN2O3S/c1-15(6-2-3-6)11(16)7-4-10(19(14,17)18)9(13)5-8(7)12/h4-6H,2-3H2,1H3,(H2,14,17,18). The molecule has 2 rings (SSSR count). The minimum atomic E-state index is -4.24. The van der Waals surface area contributed by atoms with Crippen molar-refractivity contribution in [3.63, 3.8) is 0 Å². The van der Waals surface area contributed by atoms with E-state index in [4.69, 9.17) is 16.7 Å². The van der Waals surface area contributed by atoms with Crippen LogP contribution in [0.15, 0.2) is 17.0 Å². The van der Waals surface area contributed by atoms with Gasteiger partial charge in [-0.2, -0.15) is 0 Å². The summed E-state index contributed by atoms with van der Waals surface area (Å²) in [5, 5.41) is 4.75. The molecule has 1 aromatic carbocycles. The monoisotopic (exact) mass is 306 g/mol. The predicted octanol–water partition coefficient (Wildman–Crippen LogP) is 1.36. The topological polar surface area (TPSA) is 80.5 Å². The molecule has 0 saturated heterocycles. The Balaban J connectivity index is 2.48. The van der Waals surface area contributed by atoms with Gasteiger partial charge >= 0.3 is 0 Å². The molecule has 0 heterocycles. The van der Waals surface area contributed by atoms with Gasteiger partial charge < -0.3 is 4.90 Å². The number of nitrogens with two attached hydrogens (primary N) is 1. The van der Waals surface area contributed by atoms with E-state index in [0.29, 0.717) is 0 Å².